The molecule has 0 aliphatic carbocycles. The number of hydrogen-bond donors (Lipinski definition) is 2. The summed E-state index contributed by atoms with van der Waals surface area (Å²) in [6.07, 6.45) is 2.74. The largest absolute Gasteiger partial charge is 0.476 e. The van der Waals surface area contributed by atoms with E-state index < -0.39 is 18.0 Å². The summed E-state index contributed by atoms with van der Waals surface area (Å²) in [7, 11) is 2.71. The van der Waals surface area contributed by atoms with Gasteiger partial charge < -0.3 is 24.6 Å². The molecule has 110 valence electrons. The zero-order chi connectivity index (χ0) is 15.1. The molecule has 1 aromatic rings. The molecular formula is C11H16N4O5. The van der Waals surface area contributed by atoms with Crippen molar-refractivity contribution in [1.82, 2.24) is 19.8 Å². The van der Waals surface area contributed by atoms with Gasteiger partial charge in [0, 0.05) is 26.3 Å². The van der Waals surface area contributed by atoms with Crippen LogP contribution >= 0.6 is 0 Å². The summed E-state index contributed by atoms with van der Waals surface area (Å²) in [6.45, 7) is 0.508. The molecular weight excluding hydrogens is 268 g/mol. The van der Waals surface area contributed by atoms with E-state index in [9.17, 15) is 14.4 Å². The van der Waals surface area contributed by atoms with E-state index in [0.717, 1.165) is 0 Å². The van der Waals surface area contributed by atoms with Crippen LogP contribution in [-0.2, 0) is 16.1 Å². The number of carbonyl (C=O) groups is 3. The van der Waals surface area contributed by atoms with E-state index in [1.54, 1.807) is 4.57 Å². The number of imidazole rings is 1. The third-order valence-corrected chi connectivity index (χ3v) is 2.44. The van der Waals surface area contributed by atoms with Gasteiger partial charge in [-0.1, -0.05) is 0 Å². The molecule has 0 bridgehead atoms. The first-order valence-corrected chi connectivity index (χ1v) is 5.75. The minimum Gasteiger partial charge on any atom is -0.476 e. The van der Waals surface area contributed by atoms with Crippen LogP contribution in [0.1, 0.15) is 10.5 Å². The Labute approximate surface area is 115 Å². The molecule has 2 amide bonds. The van der Waals surface area contributed by atoms with Crippen LogP contribution in [0.4, 0.5) is 4.79 Å². The minimum atomic E-state index is -1.11. The molecule has 1 heterocycles. The van der Waals surface area contributed by atoms with E-state index >= 15 is 0 Å². The molecule has 9 heteroatoms. The summed E-state index contributed by atoms with van der Waals surface area (Å²) < 4.78 is 5.99. The Morgan fingerprint density at radius 3 is 2.75 bits per heavy atom. The average molecular weight is 284 g/mol. The van der Waals surface area contributed by atoms with Crippen molar-refractivity contribution >= 4 is 18.0 Å². The Bertz CT molecular complexity index is 499. The van der Waals surface area contributed by atoms with Gasteiger partial charge in [0.05, 0.1) is 13.4 Å². The summed E-state index contributed by atoms with van der Waals surface area (Å²) in [6, 6.07) is -0.422. The van der Waals surface area contributed by atoms with Crippen LogP contribution in [-0.4, -0.2) is 64.8 Å². The summed E-state index contributed by atoms with van der Waals surface area (Å²) in [5, 5.41) is 11.3. The Balaban J connectivity index is 2.34. The van der Waals surface area contributed by atoms with Crippen LogP contribution in [0, 0.1) is 0 Å². The topological polar surface area (TPSA) is 114 Å². The molecule has 0 atom stereocenters. The standard InChI is InChI=1S/C11H16N4O5/c1-14(6-9(16)20-2)11(19)12-3-4-15-5-8(10(17)18)13-7-15/h5,7H,3-4,6H2,1-2H3,(H,12,19)(H,17,18). The van der Waals surface area contributed by atoms with E-state index in [2.05, 4.69) is 15.0 Å². The number of nitrogens with one attached hydrogen (secondary N) is 1. The van der Waals surface area contributed by atoms with Gasteiger partial charge in [-0.15, -0.1) is 0 Å². The van der Waals surface area contributed by atoms with Gasteiger partial charge in [-0.3, -0.25) is 4.79 Å². The Kier molecular flexibility index (Phi) is 5.51. The molecule has 0 aromatic carbocycles. The quantitative estimate of drug-likeness (QED) is 0.674. The highest BCUT2D eigenvalue weighted by molar-refractivity contribution is 5.84. The Morgan fingerprint density at radius 2 is 2.20 bits per heavy atom. The fourth-order valence-corrected chi connectivity index (χ4v) is 1.35. The fourth-order valence-electron chi connectivity index (χ4n) is 1.35. The number of urea groups is 1. The van der Waals surface area contributed by atoms with Crippen molar-refractivity contribution in [3.8, 4) is 0 Å². The molecule has 0 aliphatic heterocycles. The lowest BCUT2D eigenvalue weighted by atomic mass is 10.5. The van der Waals surface area contributed by atoms with Crippen molar-refractivity contribution in [2.24, 2.45) is 0 Å². The van der Waals surface area contributed by atoms with Crippen molar-refractivity contribution in [3.05, 3.63) is 18.2 Å². The molecule has 0 unspecified atom stereocenters. The molecule has 0 aliphatic rings. The molecule has 0 saturated carbocycles. The van der Waals surface area contributed by atoms with Crippen LogP contribution in [0.15, 0.2) is 12.5 Å². The number of carboxylic acids is 1. The highest BCUT2D eigenvalue weighted by Gasteiger charge is 2.12. The second kappa shape index (κ2) is 7.12. The van der Waals surface area contributed by atoms with E-state index in [1.165, 1.54) is 31.6 Å². The summed E-state index contributed by atoms with van der Waals surface area (Å²) in [5.74, 6) is -1.62. The second-order valence-electron chi connectivity index (χ2n) is 3.97. The predicted octanol–water partition coefficient (Wildman–Crippen LogP) is -0.604. The van der Waals surface area contributed by atoms with E-state index in [0.29, 0.717) is 6.54 Å². The van der Waals surface area contributed by atoms with Crippen LogP contribution in [0.3, 0.4) is 0 Å². The molecule has 1 aromatic heterocycles. The van der Waals surface area contributed by atoms with Gasteiger partial charge in [0.15, 0.2) is 5.69 Å². The second-order valence-corrected chi connectivity index (χ2v) is 3.97. The number of hydrogen-bond acceptors (Lipinski definition) is 5. The van der Waals surface area contributed by atoms with Crippen molar-refractivity contribution in [3.63, 3.8) is 0 Å². The Hall–Kier alpha value is -2.58. The molecule has 0 saturated heterocycles. The van der Waals surface area contributed by atoms with E-state index in [-0.39, 0.29) is 18.8 Å². The van der Waals surface area contributed by atoms with Crippen LogP contribution in [0.25, 0.3) is 0 Å². The maximum Gasteiger partial charge on any atom is 0.356 e. The van der Waals surface area contributed by atoms with Gasteiger partial charge in [0.2, 0.25) is 0 Å². The Morgan fingerprint density at radius 1 is 1.50 bits per heavy atom. The fraction of sp³-hybridized carbons (Fsp3) is 0.455. The first kappa shape index (κ1) is 15.5. The molecule has 1 rings (SSSR count). The highest BCUT2D eigenvalue weighted by atomic mass is 16.5. The zero-order valence-electron chi connectivity index (χ0n) is 11.2. The summed E-state index contributed by atoms with van der Waals surface area (Å²) in [5.41, 5.74) is -0.0564. The van der Waals surface area contributed by atoms with Gasteiger partial charge >= 0.3 is 18.0 Å². The number of aromatic nitrogens is 2. The lowest BCUT2D eigenvalue weighted by Crippen LogP contribution is -2.41. The number of amides is 2. The highest BCUT2D eigenvalue weighted by Crippen LogP contribution is 1.95. The number of aromatic carboxylic acids is 1. The number of likely N-dealkylation sites (N-methyl/N-ethyl adjacent to an activating group) is 1. The van der Waals surface area contributed by atoms with Crippen molar-refractivity contribution in [1.29, 1.82) is 0 Å². The van der Waals surface area contributed by atoms with Gasteiger partial charge in [0.25, 0.3) is 0 Å². The number of esters is 1. The molecule has 2 N–H and O–H groups in total. The third kappa shape index (κ3) is 4.59. The van der Waals surface area contributed by atoms with Crippen molar-refractivity contribution < 1.29 is 24.2 Å². The summed E-state index contributed by atoms with van der Waals surface area (Å²) >= 11 is 0. The molecule has 9 nitrogen and oxygen atoms in total. The lowest BCUT2D eigenvalue weighted by Gasteiger charge is -2.16. The predicted molar refractivity (Wildman–Crippen MR) is 67.2 cm³/mol. The number of carbonyl (C=O) groups excluding carboxylic acids is 2. The van der Waals surface area contributed by atoms with Crippen LogP contribution < -0.4 is 5.32 Å². The monoisotopic (exact) mass is 284 g/mol. The molecule has 0 spiro atoms. The third-order valence-electron chi connectivity index (χ3n) is 2.44. The molecule has 20 heavy (non-hydrogen) atoms. The van der Waals surface area contributed by atoms with Gasteiger partial charge in [-0.25, -0.2) is 14.6 Å². The number of ether oxygens (including phenoxy) is 1. The van der Waals surface area contributed by atoms with E-state index in [4.69, 9.17) is 5.11 Å². The molecule has 0 radical (unpaired) electrons. The molecule has 0 fully saturated rings. The maximum absolute atomic E-state index is 11.6. The first-order chi connectivity index (χ1) is 9.43. The average Bonchev–Trinajstić information content (AvgIpc) is 2.87. The summed E-state index contributed by atoms with van der Waals surface area (Å²) in [4.78, 5) is 38.0. The normalized spacial score (nSPS) is 9.90. The first-order valence-electron chi connectivity index (χ1n) is 5.75. The van der Waals surface area contributed by atoms with Gasteiger partial charge in [-0.2, -0.15) is 0 Å². The zero-order valence-corrected chi connectivity index (χ0v) is 11.2. The smallest absolute Gasteiger partial charge is 0.356 e. The minimum absolute atomic E-state index is 0.0564. The number of methoxy groups -OCH3 is 1. The number of carboxylic acid groups (broad SMARTS) is 1. The van der Waals surface area contributed by atoms with Crippen LogP contribution in [0.5, 0.6) is 0 Å². The van der Waals surface area contributed by atoms with Crippen LogP contribution in [0.2, 0.25) is 0 Å². The van der Waals surface area contributed by atoms with Gasteiger partial charge in [0.1, 0.15) is 6.54 Å². The van der Waals surface area contributed by atoms with E-state index in [1.807, 2.05) is 0 Å². The lowest BCUT2D eigenvalue weighted by molar-refractivity contribution is -0.141. The van der Waals surface area contributed by atoms with Gasteiger partial charge in [-0.05, 0) is 0 Å². The number of rotatable bonds is 6. The van der Waals surface area contributed by atoms with Crippen molar-refractivity contribution in [2.45, 2.75) is 6.54 Å². The SMILES string of the molecule is COC(=O)CN(C)C(=O)NCCn1cnc(C(=O)O)c1. The number of nitrogens with zero attached hydrogens (tertiary/aromatic N) is 3. The maximum atomic E-state index is 11.6. The van der Waals surface area contributed by atoms with Crippen molar-refractivity contribution in [2.75, 3.05) is 27.2 Å².